The van der Waals surface area contributed by atoms with E-state index < -0.39 is 5.97 Å². The van der Waals surface area contributed by atoms with Gasteiger partial charge in [-0.1, -0.05) is 0 Å². The van der Waals surface area contributed by atoms with Crippen molar-refractivity contribution in [2.24, 2.45) is 5.73 Å². The van der Waals surface area contributed by atoms with E-state index in [1.807, 2.05) is 0 Å². The molecule has 3 N–H and O–H groups in total. The molecule has 0 unspecified atom stereocenters. The van der Waals surface area contributed by atoms with Crippen LogP contribution in [-0.2, 0) is 9.53 Å². The Morgan fingerprint density at radius 1 is 1.73 bits per heavy atom. The van der Waals surface area contributed by atoms with Gasteiger partial charge < -0.3 is 15.8 Å². The van der Waals surface area contributed by atoms with Crippen LogP contribution in [0.5, 0.6) is 0 Å². The van der Waals surface area contributed by atoms with Crippen molar-refractivity contribution in [2.75, 3.05) is 13.7 Å². The average Bonchev–Trinajstić information content (AvgIpc) is 1.88. The van der Waals surface area contributed by atoms with E-state index in [2.05, 4.69) is 22.7 Å². The number of rotatable bonds is 3. The summed E-state index contributed by atoms with van der Waals surface area (Å²) in [6.45, 7) is 2.05. The molecule has 0 aliphatic rings. The number of ether oxygens (including phenoxy) is 1. The maximum Gasteiger partial charge on any atom is 0.357 e. The maximum absolute atomic E-state index is 10.9. The molecule has 0 atom stereocenters. The van der Waals surface area contributed by atoms with Gasteiger partial charge in [0.1, 0.15) is 5.70 Å². The molecule has 0 aromatic rings. The molecule has 0 radical (unpaired) electrons. The normalized spacial score (nSPS) is 11.9. The largest absolute Gasteiger partial charge is 0.461 e. The smallest absolute Gasteiger partial charge is 0.357 e. The van der Waals surface area contributed by atoms with Crippen molar-refractivity contribution in [2.45, 2.75) is 6.92 Å². The summed E-state index contributed by atoms with van der Waals surface area (Å²) in [6, 6.07) is 0. The van der Waals surface area contributed by atoms with Crippen LogP contribution in [0, 0.1) is 0 Å². The molecule has 11 heavy (non-hydrogen) atoms. The quantitative estimate of drug-likeness (QED) is 0.317. The van der Waals surface area contributed by atoms with Crippen molar-refractivity contribution < 1.29 is 9.53 Å². The Balaban J connectivity index is 4.28. The Kier molecular flexibility index (Phi) is 4.52. The highest BCUT2D eigenvalue weighted by Gasteiger charge is 2.10. The predicted molar refractivity (Wildman–Crippen MR) is 45.9 cm³/mol. The highest BCUT2D eigenvalue weighted by molar-refractivity contribution is 7.84. The third-order valence-electron chi connectivity index (χ3n) is 0.986. The van der Waals surface area contributed by atoms with Crippen molar-refractivity contribution in [3.05, 3.63) is 10.7 Å². The number of esters is 1. The van der Waals surface area contributed by atoms with Gasteiger partial charge in [0.05, 0.1) is 11.6 Å². The molecule has 5 heteroatoms. The Bertz CT molecular complexity index is 175. The zero-order valence-corrected chi connectivity index (χ0v) is 7.44. The van der Waals surface area contributed by atoms with Crippen LogP contribution in [0.15, 0.2) is 10.7 Å². The highest BCUT2D eigenvalue weighted by atomic mass is 32.1. The van der Waals surface area contributed by atoms with Crippen LogP contribution in [0.25, 0.3) is 0 Å². The van der Waals surface area contributed by atoms with Crippen LogP contribution in [0.2, 0.25) is 0 Å². The van der Waals surface area contributed by atoms with E-state index in [0.29, 0.717) is 6.61 Å². The van der Waals surface area contributed by atoms with Crippen LogP contribution in [0.4, 0.5) is 0 Å². The van der Waals surface area contributed by atoms with Gasteiger partial charge in [-0.15, -0.1) is 12.6 Å². The zero-order valence-electron chi connectivity index (χ0n) is 6.55. The maximum atomic E-state index is 10.9. The summed E-state index contributed by atoms with van der Waals surface area (Å²) in [5.41, 5.74) is 5.45. The van der Waals surface area contributed by atoms with E-state index in [0.717, 1.165) is 0 Å². The number of hydrogen-bond acceptors (Lipinski definition) is 5. The first-order valence-corrected chi connectivity index (χ1v) is 3.61. The van der Waals surface area contributed by atoms with Gasteiger partial charge in [-0.25, -0.2) is 4.79 Å². The minimum absolute atomic E-state index is 0.131. The van der Waals surface area contributed by atoms with Gasteiger partial charge in [-0.05, 0) is 6.92 Å². The molecule has 0 rings (SSSR count). The first-order chi connectivity index (χ1) is 5.13. The first-order valence-electron chi connectivity index (χ1n) is 3.17. The Hall–Kier alpha value is -0.840. The summed E-state index contributed by atoms with van der Waals surface area (Å²) < 4.78 is 4.67. The van der Waals surface area contributed by atoms with E-state index in [-0.39, 0.29) is 10.7 Å². The van der Waals surface area contributed by atoms with Crippen molar-refractivity contribution in [3.63, 3.8) is 0 Å². The average molecular weight is 176 g/mol. The molecule has 64 valence electrons. The SMILES string of the molecule is CCOC(=O)/C(NC)=C(\N)S. The summed E-state index contributed by atoms with van der Waals surface area (Å²) in [7, 11) is 1.58. The van der Waals surface area contributed by atoms with Crippen molar-refractivity contribution in [3.8, 4) is 0 Å². The molecule has 0 spiro atoms. The molecule has 0 amide bonds. The molecule has 0 fully saturated rings. The van der Waals surface area contributed by atoms with Gasteiger partial charge in [0, 0.05) is 7.05 Å². The molecule has 0 heterocycles. The fourth-order valence-corrected chi connectivity index (χ4v) is 0.741. The summed E-state index contributed by atoms with van der Waals surface area (Å²) in [4.78, 5) is 10.9. The minimum Gasteiger partial charge on any atom is -0.461 e. The van der Waals surface area contributed by atoms with Crippen molar-refractivity contribution in [1.82, 2.24) is 5.32 Å². The van der Waals surface area contributed by atoms with Gasteiger partial charge in [0.25, 0.3) is 0 Å². The topological polar surface area (TPSA) is 64.3 Å². The van der Waals surface area contributed by atoms with E-state index in [4.69, 9.17) is 5.73 Å². The molecule has 0 aromatic heterocycles. The Morgan fingerprint density at radius 3 is 2.55 bits per heavy atom. The van der Waals surface area contributed by atoms with Crippen LogP contribution < -0.4 is 11.1 Å². The molecule has 0 saturated carbocycles. The molecular weight excluding hydrogens is 164 g/mol. The zero-order chi connectivity index (χ0) is 8.85. The number of carbonyl (C=O) groups excluding carboxylic acids is 1. The van der Waals surface area contributed by atoms with Gasteiger partial charge in [-0.2, -0.15) is 0 Å². The lowest BCUT2D eigenvalue weighted by molar-refractivity contribution is -0.138. The van der Waals surface area contributed by atoms with E-state index >= 15 is 0 Å². The number of thiol groups is 1. The summed E-state index contributed by atoms with van der Waals surface area (Å²) in [6.07, 6.45) is 0. The minimum atomic E-state index is -0.484. The monoisotopic (exact) mass is 176 g/mol. The second-order valence-corrected chi connectivity index (χ2v) is 2.21. The molecule has 0 aliphatic heterocycles. The summed E-state index contributed by atoms with van der Waals surface area (Å²) >= 11 is 3.80. The molecule has 0 aliphatic carbocycles. The molecule has 4 nitrogen and oxygen atoms in total. The lowest BCUT2D eigenvalue weighted by Gasteiger charge is -2.06. The van der Waals surface area contributed by atoms with Crippen LogP contribution >= 0.6 is 12.6 Å². The molecule has 0 bridgehead atoms. The first kappa shape index (κ1) is 10.2. The van der Waals surface area contributed by atoms with Crippen LogP contribution in [0.3, 0.4) is 0 Å². The summed E-state index contributed by atoms with van der Waals surface area (Å²) in [5.74, 6) is -0.484. The third-order valence-corrected chi connectivity index (χ3v) is 1.21. The molecular formula is C6H12N2O2S. The number of nitrogens with two attached hydrogens (primary N) is 1. The van der Waals surface area contributed by atoms with Crippen LogP contribution in [0.1, 0.15) is 6.92 Å². The van der Waals surface area contributed by atoms with Crippen molar-refractivity contribution >= 4 is 18.6 Å². The Morgan fingerprint density at radius 2 is 2.27 bits per heavy atom. The third kappa shape index (κ3) is 3.18. The van der Waals surface area contributed by atoms with Crippen molar-refractivity contribution in [1.29, 1.82) is 0 Å². The van der Waals surface area contributed by atoms with Crippen LogP contribution in [-0.4, -0.2) is 19.6 Å². The van der Waals surface area contributed by atoms with Gasteiger partial charge in [0.15, 0.2) is 0 Å². The number of nitrogens with one attached hydrogen (secondary N) is 1. The number of hydrogen-bond donors (Lipinski definition) is 3. The second-order valence-electron chi connectivity index (χ2n) is 1.73. The highest BCUT2D eigenvalue weighted by Crippen LogP contribution is 2.00. The number of carbonyl (C=O) groups is 1. The molecule has 0 saturated heterocycles. The van der Waals surface area contributed by atoms with E-state index in [1.165, 1.54) is 0 Å². The van der Waals surface area contributed by atoms with E-state index in [9.17, 15) is 4.79 Å². The van der Waals surface area contributed by atoms with Gasteiger partial charge in [0.2, 0.25) is 0 Å². The van der Waals surface area contributed by atoms with Gasteiger partial charge in [-0.3, -0.25) is 0 Å². The predicted octanol–water partition coefficient (Wildman–Crippen LogP) is -0.174. The lowest BCUT2D eigenvalue weighted by atomic mass is 10.5. The fraction of sp³-hybridized carbons (Fsp3) is 0.500. The van der Waals surface area contributed by atoms with E-state index in [1.54, 1.807) is 14.0 Å². The molecule has 0 aromatic carbocycles. The Labute approximate surface area is 71.2 Å². The lowest BCUT2D eigenvalue weighted by Crippen LogP contribution is -2.22. The standard InChI is InChI=1S/C6H12N2O2S/c1-3-10-6(9)4(8-2)5(7)11/h8,11H,3,7H2,1-2H3/b5-4-. The summed E-state index contributed by atoms with van der Waals surface area (Å²) in [5, 5.41) is 2.72. The second kappa shape index (κ2) is 4.90. The fourth-order valence-electron chi connectivity index (χ4n) is 0.538. The van der Waals surface area contributed by atoms with Gasteiger partial charge >= 0.3 is 5.97 Å². The number of likely N-dealkylation sites (N-methyl/N-ethyl adjacent to an activating group) is 1.